The van der Waals surface area contributed by atoms with Gasteiger partial charge in [-0.25, -0.2) is 4.39 Å². The maximum Gasteiger partial charge on any atom is 0.274 e. The third-order valence-corrected chi connectivity index (χ3v) is 2.45. The van der Waals surface area contributed by atoms with E-state index in [9.17, 15) is 14.5 Å². The van der Waals surface area contributed by atoms with E-state index in [0.29, 0.717) is 32.0 Å². The average molecular weight is 226 g/mol. The van der Waals surface area contributed by atoms with Crippen molar-refractivity contribution in [3.63, 3.8) is 0 Å². The molecule has 0 radical (unpaired) electrons. The van der Waals surface area contributed by atoms with Crippen LogP contribution in [0.1, 0.15) is 0 Å². The van der Waals surface area contributed by atoms with E-state index in [4.69, 9.17) is 4.74 Å². The number of non-ortho nitro benzene ring substituents is 1. The summed E-state index contributed by atoms with van der Waals surface area (Å²) in [5.74, 6) is -0.587. The van der Waals surface area contributed by atoms with Gasteiger partial charge in [-0.2, -0.15) is 0 Å². The van der Waals surface area contributed by atoms with Gasteiger partial charge in [0.1, 0.15) is 5.82 Å². The van der Waals surface area contributed by atoms with Crippen molar-refractivity contribution in [3.05, 3.63) is 34.1 Å². The number of benzene rings is 1. The average Bonchev–Trinajstić information content (AvgIpc) is 2.29. The number of nitrogens with zero attached hydrogens (tertiary/aromatic N) is 2. The summed E-state index contributed by atoms with van der Waals surface area (Å²) in [7, 11) is 0. The highest BCUT2D eigenvalue weighted by molar-refractivity contribution is 5.53. The van der Waals surface area contributed by atoms with Crippen LogP contribution in [0.15, 0.2) is 18.2 Å². The third-order valence-electron chi connectivity index (χ3n) is 2.45. The normalized spacial score (nSPS) is 16.2. The molecule has 0 spiro atoms. The molecule has 0 bridgehead atoms. The second-order valence-corrected chi connectivity index (χ2v) is 3.52. The summed E-state index contributed by atoms with van der Waals surface area (Å²) in [4.78, 5) is 11.9. The van der Waals surface area contributed by atoms with E-state index < -0.39 is 10.7 Å². The van der Waals surface area contributed by atoms with Crippen molar-refractivity contribution >= 4 is 11.4 Å². The Morgan fingerprint density at radius 3 is 2.62 bits per heavy atom. The van der Waals surface area contributed by atoms with Gasteiger partial charge < -0.3 is 9.64 Å². The number of halogens is 1. The first-order chi connectivity index (χ1) is 7.66. The molecule has 1 heterocycles. The first-order valence-corrected chi connectivity index (χ1v) is 4.94. The zero-order chi connectivity index (χ0) is 11.5. The lowest BCUT2D eigenvalue weighted by atomic mass is 10.2. The molecule has 1 aromatic carbocycles. The highest BCUT2D eigenvalue weighted by Crippen LogP contribution is 2.23. The minimum atomic E-state index is -0.590. The van der Waals surface area contributed by atoms with Crippen molar-refractivity contribution in [1.82, 2.24) is 0 Å². The summed E-state index contributed by atoms with van der Waals surface area (Å²) in [5, 5.41) is 10.6. The molecule has 2 rings (SSSR count). The Bertz CT molecular complexity index is 405. The molecule has 6 heteroatoms. The molecule has 0 N–H and O–H groups in total. The second kappa shape index (κ2) is 4.44. The van der Waals surface area contributed by atoms with Gasteiger partial charge >= 0.3 is 0 Å². The SMILES string of the molecule is O=[N+]([O-])c1cc(F)cc(N2CCOCC2)c1. The van der Waals surface area contributed by atoms with Crippen LogP contribution >= 0.6 is 0 Å². The minimum absolute atomic E-state index is 0.221. The summed E-state index contributed by atoms with van der Waals surface area (Å²) in [6.07, 6.45) is 0. The van der Waals surface area contributed by atoms with Crippen molar-refractivity contribution in [2.75, 3.05) is 31.2 Å². The van der Waals surface area contributed by atoms with E-state index in [1.807, 2.05) is 4.90 Å². The summed E-state index contributed by atoms with van der Waals surface area (Å²) in [6, 6.07) is 3.61. The van der Waals surface area contributed by atoms with Crippen LogP contribution in [0.5, 0.6) is 0 Å². The predicted molar refractivity (Wildman–Crippen MR) is 56.1 cm³/mol. The fourth-order valence-corrected chi connectivity index (χ4v) is 1.67. The molecule has 0 unspecified atom stereocenters. The molecule has 86 valence electrons. The van der Waals surface area contributed by atoms with Gasteiger partial charge in [-0.1, -0.05) is 0 Å². The largest absolute Gasteiger partial charge is 0.378 e. The molecule has 1 aromatic rings. The van der Waals surface area contributed by atoms with Crippen LogP contribution in [-0.2, 0) is 4.74 Å². The number of rotatable bonds is 2. The number of ether oxygens (including phenoxy) is 1. The maximum atomic E-state index is 13.2. The highest BCUT2D eigenvalue weighted by atomic mass is 19.1. The second-order valence-electron chi connectivity index (χ2n) is 3.52. The van der Waals surface area contributed by atoms with Gasteiger partial charge in [0.25, 0.3) is 5.69 Å². The molecule has 1 fully saturated rings. The van der Waals surface area contributed by atoms with Crippen molar-refractivity contribution in [2.24, 2.45) is 0 Å². The summed E-state index contributed by atoms with van der Waals surface area (Å²) in [5.41, 5.74) is 0.316. The van der Waals surface area contributed by atoms with E-state index in [1.165, 1.54) is 12.1 Å². The topological polar surface area (TPSA) is 55.6 Å². The third kappa shape index (κ3) is 2.27. The number of anilines is 1. The van der Waals surface area contributed by atoms with Crippen molar-refractivity contribution in [1.29, 1.82) is 0 Å². The first-order valence-electron chi connectivity index (χ1n) is 4.94. The van der Waals surface area contributed by atoms with Gasteiger partial charge in [-0.05, 0) is 6.07 Å². The number of hydrogen-bond donors (Lipinski definition) is 0. The quantitative estimate of drug-likeness (QED) is 0.567. The van der Waals surface area contributed by atoms with Crippen LogP contribution in [0.2, 0.25) is 0 Å². The van der Waals surface area contributed by atoms with Gasteiger partial charge in [-0.3, -0.25) is 10.1 Å². The van der Waals surface area contributed by atoms with Crippen LogP contribution in [0.4, 0.5) is 15.8 Å². The van der Waals surface area contributed by atoms with Gasteiger partial charge in [0.15, 0.2) is 0 Å². The number of morpholine rings is 1. The van der Waals surface area contributed by atoms with Crippen LogP contribution in [-0.4, -0.2) is 31.2 Å². The Kier molecular flexibility index (Phi) is 3.00. The zero-order valence-corrected chi connectivity index (χ0v) is 8.56. The Hall–Kier alpha value is -1.69. The molecule has 5 nitrogen and oxygen atoms in total. The standard InChI is InChI=1S/C10H11FN2O3/c11-8-5-9(7-10(6-8)13(14)15)12-1-3-16-4-2-12/h5-7H,1-4H2. The fourth-order valence-electron chi connectivity index (χ4n) is 1.67. The molecular formula is C10H11FN2O3. The molecule has 1 saturated heterocycles. The minimum Gasteiger partial charge on any atom is -0.378 e. The van der Waals surface area contributed by atoms with Crippen LogP contribution in [0, 0.1) is 15.9 Å². The van der Waals surface area contributed by atoms with E-state index >= 15 is 0 Å². The molecule has 0 aliphatic carbocycles. The van der Waals surface area contributed by atoms with Gasteiger partial charge in [-0.15, -0.1) is 0 Å². The van der Waals surface area contributed by atoms with Gasteiger partial charge in [0.05, 0.1) is 24.2 Å². The molecule has 16 heavy (non-hydrogen) atoms. The molecule has 0 saturated carbocycles. The molecule has 0 amide bonds. The van der Waals surface area contributed by atoms with E-state index in [-0.39, 0.29) is 5.69 Å². The lowest BCUT2D eigenvalue weighted by Gasteiger charge is -2.28. The fraction of sp³-hybridized carbons (Fsp3) is 0.400. The predicted octanol–water partition coefficient (Wildman–Crippen LogP) is 1.57. The summed E-state index contributed by atoms with van der Waals surface area (Å²) < 4.78 is 18.3. The lowest BCUT2D eigenvalue weighted by molar-refractivity contribution is -0.385. The summed E-state index contributed by atoms with van der Waals surface area (Å²) >= 11 is 0. The molecule has 0 aromatic heterocycles. The lowest BCUT2D eigenvalue weighted by Crippen LogP contribution is -2.36. The monoisotopic (exact) mass is 226 g/mol. The van der Waals surface area contributed by atoms with Crippen molar-refractivity contribution in [2.45, 2.75) is 0 Å². The Morgan fingerprint density at radius 2 is 2.00 bits per heavy atom. The number of nitro benzene ring substituents is 1. The van der Waals surface area contributed by atoms with Crippen molar-refractivity contribution in [3.8, 4) is 0 Å². The maximum absolute atomic E-state index is 13.2. The first kappa shape index (κ1) is 10.8. The molecular weight excluding hydrogens is 215 g/mol. The number of hydrogen-bond acceptors (Lipinski definition) is 4. The van der Waals surface area contributed by atoms with Crippen molar-refractivity contribution < 1.29 is 14.1 Å². The van der Waals surface area contributed by atoms with Gasteiger partial charge in [0.2, 0.25) is 0 Å². The zero-order valence-electron chi connectivity index (χ0n) is 8.56. The number of nitro groups is 1. The van der Waals surface area contributed by atoms with E-state index in [1.54, 1.807) is 0 Å². The van der Waals surface area contributed by atoms with Gasteiger partial charge in [0, 0.05) is 24.8 Å². The Morgan fingerprint density at radius 1 is 1.31 bits per heavy atom. The summed E-state index contributed by atoms with van der Waals surface area (Å²) in [6.45, 7) is 2.37. The molecule has 0 atom stereocenters. The van der Waals surface area contributed by atoms with Crippen LogP contribution in [0.3, 0.4) is 0 Å². The van der Waals surface area contributed by atoms with Crippen LogP contribution in [0.25, 0.3) is 0 Å². The van der Waals surface area contributed by atoms with E-state index in [0.717, 1.165) is 6.07 Å². The smallest absolute Gasteiger partial charge is 0.274 e. The van der Waals surface area contributed by atoms with Crippen LogP contribution < -0.4 is 4.90 Å². The highest BCUT2D eigenvalue weighted by Gasteiger charge is 2.16. The Balaban J connectivity index is 2.28. The molecule has 1 aliphatic heterocycles. The van der Waals surface area contributed by atoms with E-state index in [2.05, 4.69) is 0 Å². The Labute approximate surface area is 91.6 Å². The molecule has 1 aliphatic rings.